The molecular weight excluding hydrogens is 656 g/mol. The molecule has 278 valence electrons. The van der Waals surface area contributed by atoms with Crippen molar-refractivity contribution in [2.45, 2.75) is 76.8 Å². The van der Waals surface area contributed by atoms with Crippen molar-refractivity contribution in [3.8, 4) is 23.0 Å². The lowest BCUT2D eigenvalue weighted by Gasteiger charge is -2.27. The lowest BCUT2D eigenvalue weighted by Crippen LogP contribution is -2.23. The summed E-state index contributed by atoms with van der Waals surface area (Å²) in [6.07, 6.45) is 0.312. The van der Waals surface area contributed by atoms with Crippen LogP contribution in [0, 0.1) is 0 Å². The van der Waals surface area contributed by atoms with E-state index in [0.717, 1.165) is 36.2 Å². The van der Waals surface area contributed by atoms with Gasteiger partial charge in [-0.3, -0.25) is 0 Å². The second kappa shape index (κ2) is 17.2. The molecule has 2 heterocycles. The molecule has 0 radical (unpaired) electrons. The van der Waals surface area contributed by atoms with Crippen molar-refractivity contribution in [2.75, 3.05) is 52.9 Å². The fraction of sp³-hybridized carbons (Fsp3) is 0.455. The molecule has 6 rings (SSSR count). The molecule has 4 aromatic rings. The van der Waals surface area contributed by atoms with Crippen LogP contribution < -0.4 is 18.9 Å². The molecular formula is C44H54O8. The zero-order valence-corrected chi connectivity index (χ0v) is 31.5. The van der Waals surface area contributed by atoms with Crippen LogP contribution in [0.15, 0.2) is 97.1 Å². The van der Waals surface area contributed by atoms with E-state index in [1.807, 2.05) is 62.4 Å². The standard InChI is InChI=1S/C44H54O8/c1-31(51-39-19-11-35(12-20-39)43(3,4)33-7-15-37(16-8-33)47-27-41-29-49-41)25-45-23-24-46-26-32(2)52-40-21-13-36(14-22-40)44(5,6)34-9-17-38(18-10-34)48-28-42-30-50-42/h7-22,31-32,41-42H,23-30H2,1-6H3. The molecule has 2 aliphatic rings. The summed E-state index contributed by atoms with van der Waals surface area (Å²) >= 11 is 0. The highest BCUT2D eigenvalue weighted by molar-refractivity contribution is 5.43. The monoisotopic (exact) mass is 710 g/mol. The van der Waals surface area contributed by atoms with Gasteiger partial charge in [-0.2, -0.15) is 0 Å². The quantitative estimate of drug-likeness (QED) is 0.0633. The number of epoxide rings is 2. The van der Waals surface area contributed by atoms with E-state index in [0.29, 0.717) is 39.6 Å². The van der Waals surface area contributed by atoms with Gasteiger partial charge in [-0.1, -0.05) is 76.2 Å². The number of hydrogen-bond donors (Lipinski definition) is 0. The minimum absolute atomic E-state index is 0.0940. The number of hydrogen-bond acceptors (Lipinski definition) is 8. The first-order valence-corrected chi connectivity index (χ1v) is 18.5. The molecule has 4 unspecified atom stereocenters. The van der Waals surface area contributed by atoms with Crippen molar-refractivity contribution >= 4 is 0 Å². The molecule has 2 aliphatic heterocycles. The predicted octanol–water partition coefficient (Wildman–Crippen LogP) is 8.16. The summed E-state index contributed by atoms with van der Waals surface area (Å²) in [5.74, 6) is 3.38. The molecule has 0 spiro atoms. The Morgan fingerprint density at radius 2 is 0.788 bits per heavy atom. The van der Waals surface area contributed by atoms with E-state index in [1.54, 1.807) is 0 Å². The van der Waals surface area contributed by atoms with E-state index in [9.17, 15) is 0 Å². The molecule has 4 aromatic carbocycles. The van der Waals surface area contributed by atoms with Crippen LogP contribution in [0.2, 0.25) is 0 Å². The first kappa shape index (κ1) is 37.7. The molecule has 4 atom stereocenters. The van der Waals surface area contributed by atoms with Gasteiger partial charge in [-0.05, 0) is 84.6 Å². The highest BCUT2D eigenvalue weighted by Gasteiger charge is 2.26. The predicted molar refractivity (Wildman–Crippen MR) is 202 cm³/mol. The van der Waals surface area contributed by atoms with Crippen molar-refractivity contribution in [2.24, 2.45) is 0 Å². The van der Waals surface area contributed by atoms with Gasteiger partial charge in [0.05, 0.1) is 39.6 Å². The summed E-state index contributed by atoms with van der Waals surface area (Å²) in [7, 11) is 0. The SMILES string of the molecule is CC(COCCOCC(C)Oc1ccc(C(C)(C)c2ccc(OCC3CO3)cc2)cc1)Oc1ccc(C(C)(C)c2ccc(OCC3CO3)cc2)cc1. The van der Waals surface area contributed by atoms with E-state index in [-0.39, 0.29) is 35.2 Å². The van der Waals surface area contributed by atoms with E-state index >= 15 is 0 Å². The molecule has 0 amide bonds. The smallest absolute Gasteiger partial charge is 0.119 e. The maximum atomic E-state index is 6.12. The molecule has 0 aliphatic carbocycles. The van der Waals surface area contributed by atoms with Crippen molar-refractivity contribution in [1.82, 2.24) is 0 Å². The Morgan fingerprint density at radius 3 is 1.08 bits per heavy atom. The van der Waals surface area contributed by atoms with Gasteiger partial charge in [0.2, 0.25) is 0 Å². The van der Waals surface area contributed by atoms with Crippen LogP contribution in [0.1, 0.15) is 63.8 Å². The largest absolute Gasteiger partial charge is 0.491 e. The van der Waals surface area contributed by atoms with Crippen LogP contribution in [0.3, 0.4) is 0 Å². The van der Waals surface area contributed by atoms with Crippen molar-refractivity contribution in [3.63, 3.8) is 0 Å². The summed E-state index contributed by atoms with van der Waals surface area (Å²) in [6.45, 7) is 17.7. The normalized spacial score (nSPS) is 18.0. The third kappa shape index (κ3) is 10.7. The van der Waals surface area contributed by atoms with Crippen LogP contribution >= 0.6 is 0 Å². The van der Waals surface area contributed by atoms with E-state index < -0.39 is 0 Å². The molecule has 8 heteroatoms. The van der Waals surface area contributed by atoms with E-state index in [4.69, 9.17) is 37.9 Å². The van der Waals surface area contributed by atoms with Crippen molar-refractivity contribution < 1.29 is 37.9 Å². The lowest BCUT2D eigenvalue weighted by molar-refractivity contribution is -0.00160. The third-order valence-corrected chi connectivity index (χ3v) is 9.73. The summed E-state index contributed by atoms with van der Waals surface area (Å²) in [5.41, 5.74) is 4.55. The second-order valence-corrected chi connectivity index (χ2v) is 14.9. The summed E-state index contributed by atoms with van der Waals surface area (Å²) in [6, 6.07) is 33.3. The van der Waals surface area contributed by atoms with Crippen molar-refractivity contribution in [1.29, 1.82) is 0 Å². The Labute approximate surface area is 309 Å². The molecule has 2 saturated heterocycles. The van der Waals surface area contributed by atoms with Gasteiger partial charge in [-0.15, -0.1) is 0 Å². The molecule has 0 N–H and O–H groups in total. The van der Waals surface area contributed by atoms with Gasteiger partial charge in [0.1, 0.15) is 60.6 Å². The molecule has 0 bridgehead atoms. The van der Waals surface area contributed by atoms with E-state index in [2.05, 4.69) is 76.2 Å². The first-order chi connectivity index (χ1) is 25.1. The van der Waals surface area contributed by atoms with Crippen LogP contribution in [0.25, 0.3) is 0 Å². The molecule has 2 fully saturated rings. The summed E-state index contributed by atoms with van der Waals surface area (Å²) in [4.78, 5) is 0. The third-order valence-electron chi connectivity index (χ3n) is 9.73. The van der Waals surface area contributed by atoms with Gasteiger partial charge in [0.25, 0.3) is 0 Å². The second-order valence-electron chi connectivity index (χ2n) is 14.9. The minimum atomic E-state index is -0.161. The maximum Gasteiger partial charge on any atom is 0.119 e. The minimum Gasteiger partial charge on any atom is -0.491 e. The van der Waals surface area contributed by atoms with E-state index in [1.165, 1.54) is 22.3 Å². The zero-order chi connectivity index (χ0) is 36.6. The van der Waals surface area contributed by atoms with Gasteiger partial charge < -0.3 is 37.9 Å². The average Bonchev–Trinajstić information content (AvgIpc) is 4.09. The topological polar surface area (TPSA) is 80.4 Å². The Kier molecular flexibility index (Phi) is 12.4. The maximum absolute atomic E-state index is 6.12. The van der Waals surface area contributed by atoms with Crippen LogP contribution in [0.4, 0.5) is 0 Å². The van der Waals surface area contributed by atoms with Gasteiger partial charge in [-0.25, -0.2) is 0 Å². The Balaban J connectivity index is 0.851. The summed E-state index contributed by atoms with van der Waals surface area (Å²) < 4.78 is 46.0. The Morgan fingerprint density at radius 1 is 0.500 bits per heavy atom. The summed E-state index contributed by atoms with van der Waals surface area (Å²) in [5, 5.41) is 0. The van der Waals surface area contributed by atoms with Gasteiger partial charge in [0.15, 0.2) is 0 Å². The fourth-order valence-electron chi connectivity index (χ4n) is 6.03. The first-order valence-electron chi connectivity index (χ1n) is 18.5. The highest BCUT2D eigenvalue weighted by Crippen LogP contribution is 2.35. The van der Waals surface area contributed by atoms with Gasteiger partial charge in [0, 0.05) is 10.8 Å². The molecule has 8 nitrogen and oxygen atoms in total. The average molecular weight is 711 g/mol. The van der Waals surface area contributed by atoms with Gasteiger partial charge >= 0.3 is 0 Å². The molecule has 0 aromatic heterocycles. The number of rotatable bonds is 21. The molecule has 0 saturated carbocycles. The van der Waals surface area contributed by atoms with Crippen LogP contribution in [-0.2, 0) is 29.8 Å². The zero-order valence-electron chi connectivity index (χ0n) is 31.5. The molecule has 52 heavy (non-hydrogen) atoms. The number of benzene rings is 4. The lowest BCUT2D eigenvalue weighted by atomic mass is 9.78. The number of ether oxygens (including phenoxy) is 8. The highest BCUT2D eigenvalue weighted by atomic mass is 16.6. The Bertz CT molecular complexity index is 1530. The Hall–Kier alpha value is -4.08. The van der Waals surface area contributed by atoms with Crippen LogP contribution in [-0.4, -0.2) is 77.3 Å². The van der Waals surface area contributed by atoms with Crippen LogP contribution in [0.5, 0.6) is 23.0 Å². The fourth-order valence-corrected chi connectivity index (χ4v) is 6.03. The van der Waals surface area contributed by atoms with Crippen molar-refractivity contribution in [3.05, 3.63) is 119 Å².